The van der Waals surface area contributed by atoms with Crippen LogP contribution in [0.1, 0.15) is 119 Å². The van der Waals surface area contributed by atoms with E-state index in [-0.39, 0.29) is 47.3 Å². The fraction of sp³-hybridized carbons (Fsp3) is 0.870. The molecular weight excluding hydrogens is 1010 g/mol. The third kappa shape index (κ3) is 10.9. The lowest BCUT2D eigenvalue weighted by atomic mass is 9.33. The van der Waals surface area contributed by atoms with Crippen LogP contribution >= 0.6 is 23.5 Å². The van der Waals surface area contributed by atoms with Gasteiger partial charge in [-0.25, -0.2) is 4.79 Å². The van der Waals surface area contributed by atoms with Crippen molar-refractivity contribution in [1.29, 1.82) is 0 Å². The summed E-state index contributed by atoms with van der Waals surface area (Å²) in [5.41, 5.74) is -1.89. The second-order valence-electron chi connectivity index (χ2n) is 24.7. The van der Waals surface area contributed by atoms with Crippen molar-refractivity contribution < 1.29 is 83.0 Å². The number of nitrogens with one attached hydrogen (secondary N) is 2. The maximum atomic E-state index is 15.2. The van der Waals surface area contributed by atoms with E-state index < -0.39 is 125 Å². The fourth-order valence-corrected chi connectivity index (χ4v) is 16.2. The number of ether oxygens (including phenoxy) is 6. The van der Waals surface area contributed by atoms with Gasteiger partial charge in [0.15, 0.2) is 24.5 Å². The minimum absolute atomic E-state index is 0.0317. The number of carbonyl (C=O) groups excluding carboxylic acids is 4. The number of hydrogen-bond donors (Lipinski definition) is 8. The zero-order valence-electron chi connectivity index (χ0n) is 45.7. The first-order valence-electron chi connectivity index (χ1n) is 26.8. The van der Waals surface area contributed by atoms with Crippen LogP contribution in [0.25, 0.3) is 0 Å². The number of methoxy groups -OCH3 is 2. The second-order valence-corrected chi connectivity index (χ2v) is 26.7. The molecule has 6 fully saturated rings. The summed E-state index contributed by atoms with van der Waals surface area (Å²) in [6, 6.07) is -1.91. The van der Waals surface area contributed by atoms with Gasteiger partial charge in [0.2, 0.25) is 0 Å². The van der Waals surface area contributed by atoms with Crippen molar-refractivity contribution in [2.75, 3.05) is 44.8 Å². The summed E-state index contributed by atoms with van der Waals surface area (Å²) >= 11 is 2.96. The van der Waals surface area contributed by atoms with E-state index in [1.54, 1.807) is 0 Å². The minimum atomic E-state index is -1.99. The molecule has 0 aromatic carbocycles. The Morgan fingerprint density at radius 2 is 1.37 bits per heavy atom. The zero-order valence-corrected chi connectivity index (χ0v) is 47.3. The highest BCUT2D eigenvalue weighted by molar-refractivity contribution is 7.98. The van der Waals surface area contributed by atoms with Crippen LogP contribution in [0.5, 0.6) is 0 Å². The van der Waals surface area contributed by atoms with Crippen LogP contribution in [0.15, 0.2) is 11.6 Å². The van der Waals surface area contributed by atoms with Crippen LogP contribution in [0.2, 0.25) is 0 Å². The molecule has 4 saturated carbocycles. The molecule has 2 aliphatic heterocycles. The fourth-order valence-electron chi connectivity index (χ4n) is 15.2. The average molecular weight is 1100 g/mol. The van der Waals surface area contributed by atoms with Crippen molar-refractivity contribution in [2.24, 2.45) is 50.2 Å². The number of aliphatic hydroxyl groups excluding tert-OH is 5. The molecule has 5 aliphatic carbocycles. The number of fused-ring (bicyclic) bond motifs is 7. The molecule has 75 heavy (non-hydrogen) atoms. The van der Waals surface area contributed by atoms with Gasteiger partial charge in [-0.3, -0.25) is 19.2 Å². The Kier molecular flexibility index (Phi) is 18.5. The molecule has 19 nitrogen and oxygen atoms in total. The molecule has 8 N–H and O–H groups in total. The Morgan fingerprint density at radius 1 is 0.747 bits per heavy atom. The predicted octanol–water partition coefficient (Wildman–Crippen LogP) is 3.37. The summed E-state index contributed by atoms with van der Waals surface area (Å²) in [6.07, 6.45) is -5.92. The van der Waals surface area contributed by atoms with Gasteiger partial charge in [-0.15, -0.1) is 0 Å². The number of aliphatic hydroxyl groups is 5. The van der Waals surface area contributed by atoms with Gasteiger partial charge in [-0.05, 0) is 147 Å². The van der Waals surface area contributed by atoms with Crippen LogP contribution in [0.4, 0.5) is 0 Å². The van der Waals surface area contributed by atoms with Crippen LogP contribution < -0.4 is 10.6 Å². The Hall–Kier alpha value is -2.41. The molecule has 0 aromatic heterocycles. The summed E-state index contributed by atoms with van der Waals surface area (Å²) in [5, 5.41) is 73.4. The highest BCUT2D eigenvalue weighted by atomic mass is 32.2. The van der Waals surface area contributed by atoms with Gasteiger partial charge in [0.1, 0.15) is 54.8 Å². The standard InChI is InChI=1S/C54H86N2O17S2/c1-49(2)33-12-17-54(7)42(31(57)24-27-28-25-51(4,48(66)67)19-18-50(28,3)20-21-53(27,54)6)52(33,5)16-13-34(49)71-47-41(38(61)37(60)40(72-47)43(63)56-30(15-23-75-11)45(65)69-9)73-46-39(62)36(59)35(58)32(70-46)26-55-29(14-22-74-10)44(64)68-8/h24,28-30,32-42,46-47,55,58-62H,12-23,25-26H2,1-11H3,(H,56,63)(H,66,67)/t28?,29?,30-,32-,33?,34?,35-,36+,37+,38+,39-,40+,41-,42?,46+,47-,50-,51+,52+,53-,54-/m1/s1. The van der Waals surface area contributed by atoms with Gasteiger partial charge in [-0.1, -0.05) is 47.1 Å². The molecular formula is C54H86N2O17S2. The number of carbonyl (C=O) groups is 5. The highest BCUT2D eigenvalue weighted by Crippen LogP contribution is 2.75. The van der Waals surface area contributed by atoms with Crippen LogP contribution in [0.3, 0.4) is 0 Å². The van der Waals surface area contributed by atoms with E-state index in [0.29, 0.717) is 43.6 Å². The van der Waals surface area contributed by atoms with E-state index in [2.05, 4.69) is 52.2 Å². The van der Waals surface area contributed by atoms with Crippen molar-refractivity contribution in [2.45, 2.75) is 199 Å². The molecule has 7 rings (SSSR count). The van der Waals surface area contributed by atoms with E-state index in [9.17, 15) is 49.8 Å². The Morgan fingerprint density at radius 3 is 2.00 bits per heavy atom. The maximum Gasteiger partial charge on any atom is 0.328 e. The van der Waals surface area contributed by atoms with Crippen molar-refractivity contribution in [1.82, 2.24) is 10.6 Å². The summed E-state index contributed by atoms with van der Waals surface area (Å²) < 4.78 is 35.6. The number of allylic oxidation sites excluding steroid dienone is 2. The van der Waals surface area contributed by atoms with Gasteiger partial charge in [0.25, 0.3) is 5.91 Å². The highest BCUT2D eigenvalue weighted by Gasteiger charge is 2.71. The third-order valence-corrected chi connectivity index (χ3v) is 21.5. The zero-order chi connectivity index (χ0) is 55.4. The van der Waals surface area contributed by atoms with E-state index in [4.69, 9.17) is 28.4 Å². The molecule has 0 radical (unpaired) electrons. The van der Waals surface area contributed by atoms with E-state index in [1.165, 1.54) is 37.7 Å². The largest absolute Gasteiger partial charge is 0.481 e. The summed E-state index contributed by atoms with van der Waals surface area (Å²) in [7, 11) is 2.43. The predicted molar refractivity (Wildman–Crippen MR) is 278 cm³/mol. The van der Waals surface area contributed by atoms with Crippen LogP contribution in [-0.2, 0) is 52.4 Å². The van der Waals surface area contributed by atoms with Gasteiger partial charge >= 0.3 is 17.9 Å². The van der Waals surface area contributed by atoms with Crippen LogP contribution in [0, 0.1) is 50.2 Å². The van der Waals surface area contributed by atoms with Crippen molar-refractivity contribution >= 4 is 53.1 Å². The quantitative estimate of drug-likeness (QED) is 0.0721. The normalized spacial score (nSPS) is 44.1. The smallest absolute Gasteiger partial charge is 0.328 e. The number of ketones is 1. The Balaban J connectivity index is 1.18. The number of thioether (sulfide) groups is 2. The van der Waals surface area contributed by atoms with Crippen molar-refractivity contribution in [3.8, 4) is 0 Å². The summed E-state index contributed by atoms with van der Waals surface area (Å²) in [4.78, 5) is 67.4. The molecule has 426 valence electrons. The number of rotatable bonds is 18. The molecule has 0 spiro atoms. The van der Waals surface area contributed by atoms with Crippen molar-refractivity contribution in [3.63, 3.8) is 0 Å². The molecule has 1 amide bonds. The maximum absolute atomic E-state index is 15.2. The average Bonchev–Trinajstić information content (AvgIpc) is 3.36. The molecule has 7 aliphatic rings. The number of carboxylic acid groups (broad SMARTS) is 1. The lowest BCUT2D eigenvalue weighted by Gasteiger charge is -2.70. The third-order valence-electron chi connectivity index (χ3n) is 20.2. The number of carboxylic acids is 1. The minimum Gasteiger partial charge on any atom is -0.481 e. The molecule has 0 bridgehead atoms. The van der Waals surface area contributed by atoms with Gasteiger partial charge in [0, 0.05) is 12.5 Å². The van der Waals surface area contributed by atoms with E-state index >= 15 is 4.79 Å². The van der Waals surface area contributed by atoms with Gasteiger partial charge in [0.05, 0.1) is 25.7 Å². The number of amides is 1. The molecule has 21 atom stereocenters. The number of esters is 2. The molecule has 0 aromatic rings. The van der Waals surface area contributed by atoms with Gasteiger partial charge in [-0.2, -0.15) is 23.5 Å². The van der Waals surface area contributed by atoms with Crippen molar-refractivity contribution in [3.05, 3.63) is 11.6 Å². The first-order valence-corrected chi connectivity index (χ1v) is 29.6. The molecule has 21 heteroatoms. The monoisotopic (exact) mass is 1100 g/mol. The number of hydrogen-bond acceptors (Lipinski definition) is 19. The summed E-state index contributed by atoms with van der Waals surface area (Å²) in [6.45, 7) is 14.9. The molecule has 2 heterocycles. The first-order chi connectivity index (χ1) is 35.1. The van der Waals surface area contributed by atoms with Gasteiger partial charge < -0.3 is 69.7 Å². The SMILES string of the molecule is COC(=O)C(CCSC)NC[C@H]1O[C@@H](O[C@H]2[C@H](OC3CC[C@@]4(C)C(CC[C@]5(C)C4C(=O)C=C4C6C[C@@](C)(C(=O)O)CC[C@]6(C)CC[C@]45C)C3(C)C)O[C@H](C(=O)N[C@H](CCSC)C(=O)OC)[C@@H](O)[C@@H]2O)[C@H](O)[C@@H](O)[C@@H]1O. The van der Waals surface area contributed by atoms with Crippen LogP contribution in [-0.4, -0.2) is 185 Å². The first kappa shape index (κ1) is 60.2. The summed E-state index contributed by atoms with van der Waals surface area (Å²) in [5.74, 6) is -2.35. The molecule has 2 saturated heterocycles. The Labute approximate surface area is 450 Å². The number of aliphatic carboxylic acids is 1. The molecule has 5 unspecified atom stereocenters. The second kappa shape index (κ2) is 23.0. The lowest BCUT2D eigenvalue weighted by molar-refractivity contribution is -0.372. The lowest BCUT2D eigenvalue weighted by Crippen LogP contribution is -2.68. The van der Waals surface area contributed by atoms with E-state index in [0.717, 1.165) is 37.7 Å². The Bertz CT molecular complexity index is 2150. The van der Waals surface area contributed by atoms with E-state index in [1.807, 2.05) is 25.5 Å². The topological polar surface area (TPSA) is 286 Å².